The second-order valence-electron chi connectivity index (χ2n) is 15.0. The Morgan fingerprint density at radius 1 is 0.921 bits per heavy atom. The van der Waals surface area contributed by atoms with Gasteiger partial charge >= 0.3 is 11.9 Å². The molecule has 4 heterocycles. The number of nitrogens with one attached hydrogen (secondary N) is 5. The largest absolute Gasteiger partial charge is 0.508 e. The molecule has 9 N–H and O–H groups in total. The summed E-state index contributed by atoms with van der Waals surface area (Å²) in [6, 6.07) is 20.6. The van der Waals surface area contributed by atoms with Gasteiger partial charge in [0.05, 0.1) is 24.0 Å². The molecule has 8 rings (SSSR count). The molecule has 6 aromatic rings. The minimum Gasteiger partial charge on any atom is -0.508 e. The van der Waals surface area contributed by atoms with Gasteiger partial charge in [0.15, 0.2) is 21.9 Å². The van der Waals surface area contributed by atoms with Gasteiger partial charge in [0, 0.05) is 59.1 Å². The fraction of sp³-hybridized carbons (Fsp3) is 0.205. The monoisotopic (exact) mass is 869 g/mol. The predicted molar refractivity (Wildman–Crippen MR) is 234 cm³/mol. The number of phenols is 1. The number of anilines is 3. The van der Waals surface area contributed by atoms with Crippen LogP contribution in [0.15, 0.2) is 89.9 Å². The molecule has 0 bridgehead atoms. The number of Topliss-reactive ketones (excluding diaryl/α,β-unsaturated/α-hetero) is 1. The number of esters is 1. The molecule has 0 fully saturated rings. The molecular weight excluding hydrogens is 831 g/mol. The highest BCUT2D eigenvalue weighted by molar-refractivity contribution is 7.80. The van der Waals surface area contributed by atoms with Gasteiger partial charge in [-0.15, -0.1) is 0 Å². The molecule has 0 saturated carbocycles. The van der Waals surface area contributed by atoms with Crippen LogP contribution in [-0.4, -0.2) is 71.5 Å². The molecule has 0 radical (unpaired) electrons. The summed E-state index contributed by atoms with van der Waals surface area (Å²) < 4.78 is 12.3. The number of aliphatic carboxylic acids is 1. The summed E-state index contributed by atoms with van der Waals surface area (Å²) in [5, 5.41) is 32.0. The first-order chi connectivity index (χ1) is 30.3. The fourth-order valence-corrected chi connectivity index (χ4v) is 7.70. The van der Waals surface area contributed by atoms with Crippen molar-refractivity contribution in [2.24, 2.45) is 0 Å². The maximum absolute atomic E-state index is 13.5. The van der Waals surface area contributed by atoms with Gasteiger partial charge in [-0.05, 0) is 92.1 Å². The Kier molecular flexibility index (Phi) is 11.4. The first-order valence-electron chi connectivity index (χ1n) is 19.7. The second kappa shape index (κ2) is 17.2. The number of carbonyl (C=O) groups is 4. The number of phenolic OH excluding ortho intramolecular Hbond substituents is 1. The number of carbonyl (C=O) groups excluding carboxylic acids is 3. The summed E-state index contributed by atoms with van der Waals surface area (Å²) in [4.78, 5) is 78.0. The van der Waals surface area contributed by atoms with E-state index >= 15 is 0 Å². The van der Waals surface area contributed by atoms with Crippen molar-refractivity contribution in [3.63, 3.8) is 0 Å². The number of fused-ring (bicyclic) bond motifs is 7. The van der Waals surface area contributed by atoms with Gasteiger partial charge in [0.2, 0.25) is 5.95 Å². The number of amides is 1. The quantitative estimate of drug-likeness (QED) is 0.0415. The zero-order valence-corrected chi connectivity index (χ0v) is 34.3. The first-order valence-corrected chi connectivity index (χ1v) is 20.1. The van der Waals surface area contributed by atoms with E-state index in [1.54, 1.807) is 36.4 Å². The van der Waals surface area contributed by atoms with Crippen molar-refractivity contribution < 1.29 is 38.9 Å². The molecule has 4 aromatic carbocycles. The molecule has 18 nitrogen and oxygen atoms in total. The number of H-pyrrole nitrogens is 1. The summed E-state index contributed by atoms with van der Waals surface area (Å²) in [5.74, 6) is -1.77. The van der Waals surface area contributed by atoms with E-state index in [1.165, 1.54) is 30.5 Å². The molecule has 1 spiro atoms. The van der Waals surface area contributed by atoms with E-state index in [9.17, 15) is 34.2 Å². The average molecular weight is 870 g/mol. The van der Waals surface area contributed by atoms with Crippen molar-refractivity contribution in [2.45, 2.75) is 50.8 Å². The van der Waals surface area contributed by atoms with Crippen molar-refractivity contribution >= 4 is 69.4 Å². The molecule has 2 aliphatic heterocycles. The van der Waals surface area contributed by atoms with Crippen molar-refractivity contribution in [2.75, 3.05) is 22.9 Å². The number of aromatic amines is 1. The van der Waals surface area contributed by atoms with Crippen LogP contribution in [0.5, 0.6) is 17.2 Å². The summed E-state index contributed by atoms with van der Waals surface area (Å²) in [6.45, 7) is 2.47. The van der Waals surface area contributed by atoms with E-state index in [4.69, 9.17) is 27.4 Å². The summed E-state index contributed by atoms with van der Waals surface area (Å²) in [7, 11) is 0. The van der Waals surface area contributed by atoms with Crippen LogP contribution in [0, 0.1) is 6.92 Å². The normalized spacial score (nSPS) is 15.0. The molecule has 1 unspecified atom stereocenters. The highest BCUT2D eigenvalue weighted by Gasteiger charge is 2.53. The minimum absolute atomic E-state index is 0.0106. The molecule has 320 valence electrons. The van der Waals surface area contributed by atoms with Crippen LogP contribution >= 0.6 is 12.2 Å². The van der Waals surface area contributed by atoms with Gasteiger partial charge in [-0.1, -0.05) is 18.2 Å². The van der Waals surface area contributed by atoms with Crippen molar-refractivity contribution in [1.29, 1.82) is 0 Å². The van der Waals surface area contributed by atoms with Crippen LogP contribution in [-0.2, 0) is 26.5 Å². The lowest BCUT2D eigenvalue weighted by atomic mass is 9.77. The van der Waals surface area contributed by atoms with E-state index in [2.05, 4.69) is 41.2 Å². The summed E-state index contributed by atoms with van der Waals surface area (Å²) in [5.41, 5.74) is 8.87. The number of hydrogen-bond donors (Lipinski definition) is 8. The number of aryl methyl sites for hydroxylation is 1. The molecule has 2 atom stereocenters. The van der Waals surface area contributed by atoms with Gasteiger partial charge in [0.1, 0.15) is 29.1 Å². The van der Waals surface area contributed by atoms with Crippen LogP contribution in [0.25, 0.3) is 11.2 Å². The number of carboxylic acid groups (broad SMARTS) is 1. The van der Waals surface area contributed by atoms with Gasteiger partial charge in [-0.2, -0.15) is 4.98 Å². The number of nitrogens with two attached hydrogens (primary N) is 1. The molecule has 0 aliphatic carbocycles. The van der Waals surface area contributed by atoms with Gasteiger partial charge in [0.25, 0.3) is 11.5 Å². The lowest BCUT2D eigenvalue weighted by Crippen LogP contribution is -2.41. The van der Waals surface area contributed by atoms with Crippen molar-refractivity contribution in [3.05, 3.63) is 134 Å². The van der Waals surface area contributed by atoms with Crippen LogP contribution in [0.2, 0.25) is 0 Å². The zero-order chi connectivity index (χ0) is 44.4. The van der Waals surface area contributed by atoms with Crippen LogP contribution in [0.1, 0.15) is 74.3 Å². The number of rotatable bonds is 14. The maximum atomic E-state index is 13.5. The van der Waals surface area contributed by atoms with E-state index in [0.717, 1.165) is 5.56 Å². The highest BCUT2D eigenvalue weighted by Crippen LogP contribution is 2.56. The number of aromatic nitrogens is 4. The lowest BCUT2D eigenvalue weighted by Gasteiger charge is -2.36. The SMILES string of the molecule is Cc1ccc2c(c1)Oc1cc(O)ccc1C21OC(=O)c2cc(NC(=S)NCCCC(=O)CC[C@@H](NC(=O)c3ccc(NCc4cnc5nc(N)[nH]c(=O)c5n4)cc3)C(=O)O)ccc21. The number of carboxylic acids is 1. The first kappa shape index (κ1) is 41.8. The van der Waals surface area contributed by atoms with Gasteiger partial charge in [-0.25, -0.2) is 19.6 Å². The lowest BCUT2D eigenvalue weighted by molar-refractivity contribution is -0.139. The Balaban J connectivity index is 0.792. The third kappa shape index (κ3) is 8.67. The van der Waals surface area contributed by atoms with Crippen LogP contribution in [0.4, 0.5) is 17.3 Å². The van der Waals surface area contributed by atoms with Crippen LogP contribution < -0.4 is 37.3 Å². The number of benzene rings is 4. The number of nitrogen functional groups attached to an aromatic ring is 1. The third-order valence-electron chi connectivity index (χ3n) is 10.5. The number of nitrogens with zero attached hydrogens (tertiary/aromatic N) is 3. The Morgan fingerprint density at radius 3 is 2.43 bits per heavy atom. The molecule has 1 amide bonds. The van der Waals surface area contributed by atoms with E-state index in [-0.39, 0.29) is 65.1 Å². The predicted octanol–water partition coefficient (Wildman–Crippen LogP) is 4.79. The van der Waals surface area contributed by atoms with Gasteiger partial charge in [-0.3, -0.25) is 19.4 Å². The topological polar surface area (TPSA) is 273 Å². The number of aromatic hydroxyl groups is 1. The molecule has 2 aromatic heterocycles. The molecule has 63 heavy (non-hydrogen) atoms. The van der Waals surface area contributed by atoms with Crippen molar-refractivity contribution in [3.8, 4) is 17.2 Å². The van der Waals surface area contributed by atoms with Gasteiger partial charge < -0.3 is 46.7 Å². The van der Waals surface area contributed by atoms with Crippen molar-refractivity contribution in [1.82, 2.24) is 30.6 Å². The maximum Gasteiger partial charge on any atom is 0.340 e. The Hall–Kier alpha value is -7.93. The summed E-state index contributed by atoms with van der Waals surface area (Å²) in [6.07, 6.45) is 1.84. The van der Waals surface area contributed by atoms with E-state index in [1.807, 2.05) is 25.1 Å². The smallest absolute Gasteiger partial charge is 0.340 e. The summed E-state index contributed by atoms with van der Waals surface area (Å²) >= 11 is 5.48. The highest BCUT2D eigenvalue weighted by atomic mass is 32.1. The molecule has 0 saturated heterocycles. The Morgan fingerprint density at radius 2 is 1.65 bits per heavy atom. The number of ketones is 1. The van der Waals surface area contributed by atoms with E-state index < -0.39 is 35.0 Å². The fourth-order valence-electron chi connectivity index (χ4n) is 7.48. The molecule has 2 aliphatic rings. The number of ether oxygens (including phenoxy) is 2. The zero-order valence-electron chi connectivity index (χ0n) is 33.5. The minimum atomic E-state index is -1.29. The number of thiocarbonyl (C=S) groups is 1. The standard InChI is InChI=1S/C44H39N9O9S/c1-22-4-12-31-34(17-22)61-35-19-28(55)10-14-32(35)44(31)30-13-9-25(18-29(30)41(60)62-44)50-43(63)46-16-2-3-27(54)11-15-33(40(58)59)51-38(56)23-5-7-24(8-6-23)47-20-26-21-48-37-36(49-26)39(57)53-42(45)52-37/h4-10,12-14,17-19,21,33,47,55H,2-3,11,15-16,20H2,1H3,(H,51,56)(H,58,59)(H2,46,50,63)(H3,45,48,52,53,57)/t33-,44?/m1/s1. The average Bonchev–Trinajstić information content (AvgIpc) is 3.53. The Bertz CT molecular complexity index is 2850. The number of hydrogen-bond acceptors (Lipinski definition) is 14. The molecule has 19 heteroatoms. The molecular formula is C44H39N9O9S. The Labute approximate surface area is 363 Å². The van der Waals surface area contributed by atoms with Crippen LogP contribution in [0.3, 0.4) is 0 Å². The third-order valence-corrected chi connectivity index (χ3v) is 10.8. The van der Waals surface area contributed by atoms with E-state index in [0.29, 0.717) is 63.8 Å². The second-order valence-corrected chi connectivity index (χ2v) is 15.4.